The second-order valence-electron chi connectivity index (χ2n) is 13.2. The van der Waals surface area contributed by atoms with E-state index in [-0.39, 0.29) is 5.91 Å². The fourth-order valence-corrected chi connectivity index (χ4v) is 7.08. The molecule has 50 heavy (non-hydrogen) atoms. The van der Waals surface area contributed by atoms with Crippen LogP contribution in [0.25, 0.3) is 17.2 Å². The van der Waals surface area contributed by atoms with Crippen LogP contribution in [0.5, 0.6) is 5.75 Å². The van der Waals surface area contributed by atoms with E-state index in [1.54, 1.807) is 24.7 Å². The second-order valence-corrected chi connectivity index (χ2v) is 14.7. The van der Waals surface area contributed by atoms with Gasteiger partial charge >= 0.3 is 0 Å². The predicted molar refractivity (Wildman–Crippen MR) is 203 cm³/mol. The van der Waals surface area contributed by atoms with E-state index in [2.05, 4.69) is 49.0 Å². The van der Waals surface area contributed by atoms with E-state index in [1.807, 2.05) is 60.2 Å². The second kappa shape index (κ2) is 18.1. The van der Waals surface area contributed by atoms with Crippen LogP contribution in [0.3, 0.4) is 0 Å². The van der Waals surface area contributed by atoms with E-state index < -0.39 is 10.8 Å². The first-order chi connectivity index (χ1) is 24.2. The summed E-state index contributed by atoms with van der Waals surface area (Å²) in [4.78, 5) is 25.6. The number of aromatic nitrogens is 3. The van der Waals surface area contributed by atoms with Crippen molar-refractivity contribution in [3.05, 3.63) is 90.1 Å². The molecule has 2 unspecified atom stereocenters. The molecule has 1 saturated heterocycles. The molecular weight excluding hydrogens is 647 g/mol. The summed E-state index contributed by atoms with van der Waals surface area (Å²) in [6.45, 7) is 15.2. The molecule has 1 fully saturated rings. The fourth-order valence-electron chi connectivity index (χ4n) is 5.96. The summed E-state index contributed by atoms with van der Waals surface area (Å²) in [6.07, 6.45) is 10.6. The smallest absolute Gasteiger partial charge is 0.251 e. The Balaban J connectivity index is 1.28. The Kier molecular flexibility index (Phi) is 13.4. The molecule has 0 aliphatic carbocycles. The van der Waals surface area contributed by atoms with Crippen LogP contribution in [0.1, 0.15) is 65.1 Å². The van der Waals surface area contributed by atoms with Crippen molar-refractivity contribution in [3.8, 4) is 16.9 Å². The maximum atomic E-state index is 13.4. The Labute approximate surface area is 299 Å². The molecule has 1 amide bonds. The molecule has 266 valence electrons. The van der Waals surface area contributed by atoms with Gasteiger partial charge in [0.05, 0.1) is 35.2 Å². The minimum atomic E-state index is -1.22. The van der Waals surface area contributed by atoms with E-state index in [9.17, 15) is 9.00 Å². The normalized spacial score (nSPS) is 16.8. The summed E-state index contributed by atoms with van der Waals surface area (Å²) in [5.41, 5.74) is 5.03. The van der Waals surface area contributed by atoms with Gasteiger partial charge in [-0.05, 0) is 85.7 Å². The van der Waals surface area contributed by atoms with Gasteiger partial charge in [-0.25, -0.2) is 9.97 Å². The Morgan fingerprint density at radius 3 is 2.40 bits per heavy atom. The van der Waals surface area contributed by atoms with Crippen LogP contribution in [-0.4, -0.2) is 57.6 Å². The summed E-state index contributed by atoms with van der Waals surface area (Å²) in [7, 11) is -1.22. The SMILES string of the molecule is CCCCOCCOc1ccc(-c2cnc(N3CC(C)C(C)C3)c(/C=C(\C)C(=O)Nc3ccc([S@@](=O)Cc4cncn4CCC)cc3)c2)cc1. The number of pyridine rings is 1. The van der Waals surface area contributed by atoms with Gasteiger partial charge in [0.2, 0.25) is 0 Å². The Morgan fingerprint density at radius 1 is 0.960 bits per heavy atom. The van der Waals surface area contributed by atoms with Crippen LogP contribution >= 0.6 is 0 Å². The average molecular weight is 698 g/mol. The van der Waals surface area contributed by atoms with E-state index in [4.69, 9.17) is 14.5 Å². The van der Waals surface area contributed by atoms with Gasteiger partial charge in [-0.1, -0.05) is 46.2 Å². The quantitative estimate of drug-likeness (QED) is 0.0882. The highest BCUT2D eigenvalue weighted by atomic mass is 32.2. The first kappa shape index (κ1) is 37.0. The third-order valence-electron chi connectivity index (χ3n) is 9.16. The number of aryl methyl sites for hydroxylation is 1. The molecule has 2 aromatic carbocycles. The molecule has 10 heteroatoms. The van der Waals surface area contributed by atoms with E-state index in [0.29, 0.717) is 47.0 Å². The van der Waals surface area contributed by atoms with Crippen molar-refractivity contribution in [1.82, 2.24) is 14.5 Å². The zero-order valence-electron chi connectivity index (χ0n) is 30.1. The first-order valence-electron chi connectivity index (χ1n) is 17.8. The lowest BCUT2D eigenvalue weighted by Gasteiger charge is -2.21. The zero-order valence-corrected chi connectivity index (χ0v) is 30.9. The van der Waals surface area contributed by atoms with Crippen LogP contribution in [0, 0.1) is 11.8 Å². The Hall–Kier alpha value is -4.28. The van der Waals surface area contributed by atoms with Gasteiger partial charge in [-0.3, -0.25) is 9.00 Å². The molecule has 9 nitrogen and oxygen atoms in total. The third-order valence-corrected chi connectivity index (χ3v) is 10.5. The number of nitrogens with zero attached hydrogens (tertiary/aromatic N) is 4. The summed E-state index contributed by atoms with van der Waals surface area (Å²) in [6, 6.07) is 17.3. The van der Waals surface area contributed by atoms with Crippen molar-refractivity contribution in [3.63, 3.8) is 0 Å². The maximum absolute atomic E-state index is 13.4. The van der Waals surface area contributed by atoms with Gasteiger partial charge in [0.25, 0.3) is 5.91 Å². The van der Waals surface area contributed by atoms with Crippen LogP contribution in [0.4, 0.5) is 11.5 Å². The van der Waals surface area contributed by atoms with Crippen molar-refractivity contribution in [2.75, 3.05) is 43.1 Å². The third kappa shape index (κ3) is 9.91. The van der Waals surface area contributed by atoms with Crippen molar-refractivity contribution >= 4 is 34.3 Å². The van der Waals surface area contributed by atoms with Crippen LogP contribution in [0.15, 0.2) is 83.8 Å². The number of ether oxygens (including phenoxy) is 2. The first-order valence-corrected chi connectivity index (χ1v) is 19.1. The largest absolute Gasteiger partial charge is 0.491 e. The van der Waals surface area contributed by atoms with Crippen molar-refractivity contribution < 1.29 is 18.5 Å². The van der Waals surface area contributed by atoms with Crippen molar-refractivity contribution in [1.29, 1.82) is 0 Å². The number of amides is 1. The fraction of sp³-hybridized carbons (Fsp3) is 0.425. The molecule has 2 aromatic heterocycles. The van der Waals surface area contributed by atoms with Gasteiger partial charge in [-0.15, -0.1) is 0 Å². The molecular formula is C40H51N5O4S. The molecule has 5 rings (SSSR count). The van der Waals surface area contributed by atoms with Gasteiger partial charge in [-0.2, -0.15) is 0 Å². The topological polar surface area (TPSA) is 98.6 Å². The highest BCUT2D eigenvalue weighted by Gasteiger charge is 2.28. The molecule has 3 atom stereocenters. The lowest BCUT2D eigenvalue weighted by molar-refractivity contribution is -0.112. The predicted octanol–water partition coefficient (Wildman–Crippen LogP) is 7.99. The number of hydrogen-bond donors (Lipinski definition) is 1. The molecule has 0 spiro atoms. The molecule has 1 N–H and O–H groups in total. The number of imidazole rings is 1. The summed E-state index contributed by atoms with van der Waals surface area (Å²) in [5, 5.41) is 3.01. The molecule has 0 saturated carbocycles. The highest BCUT2D eigenvalue weighted by Crippen LogP contribution is 2.33. The number of carbonyl (C=O) groups excluding carboxylic acids is 1. The van der Waals surface area contributed by atoms with Gasteiger partial charge < -0.3 is 24.3 Å². The lowest BCUT2D eigenvalue weighted by atomic mass is 10.0. The molecule has 1 aliphatic heterocycles. The standard InChI is InChI=1S/C40H51N5O4S/c1-6-8-18-48-19-20-49-37-13-9-32(10-14-37)34-22-33(39(42-23-34)45-25-30(4)31(5)26-45)21-29(3)40(46)43-35-11-15-38(16-12-35)50(47)27-36-24-41-28-44(36)17-7-2/h9-16,21-24,28,30-31H,6-8,17-20,25-27H2,1-5H3,(H,43,46)/b29-21+/t30?,31?,50-/m0/s1. The monoisotopic (exact) mass is 697 g/mol. The number of unbranched alkanes of at least 4 members (excludes halogenated alkanes) is 1. The molecule has 1 aliphatic rings. The minimum Gasteiger partial charge on any atom is -0.491 e. The average Bonchev–Trinajstić information content (AvgIpc) is 3.70. The summed E-state index contributed by atoms with van der Waals surface area (Å²) < 4.78 is 26.6. The summed E-state index contributed by atoms with van der Waals surface area (Å²) >= 11 is 0. The van der Waals surface area contributed by atoms with Crippen LogP contribution < -0.4 is 15.0 Å². The van der Waals surface area contributed by atoms with Gasteiger partial charge in [0.1, 0.15) is 18.2 Å². The van der Waals surface area contributed by atoms with Crippen molar-refractivity contribution in [2.45, 2.75) is 71.1 Å². The summed E-state index contributed by atoms with van der Waals surface area (Å²) in [5.74, 6) is 2.97. The number of benzene rings is 2. The number of nitrogens with one attached hydrogen (secondary N) is 1. The Morgan fingerprint density at radius 2 is 1.70 bits per heavy atom. The van der Waals surface area contributed by atoms with Gasteiger partial charge in [0, 0.05) is 65.9 Å². The molecule has 3 heterocycles. The lowest BCUT2D eigenvalue weighted by Crippen LogP contribution is -2.22. The number of anilines is 2. The Bertz CT molecular complexity index is 1740. The van der Waals surface area contributed by atoms with Crippen LogP contribution in [0.2, 0.25) is 0 Å². The molecule has 0 bridgehead atoms. The maximum Gasteiger partial charge on any atom is 0.251 e. The van der Waals surface area contributed by atoms with Crippen LogP contribution in [-0.2, 0) is 32.6 Å². The highest BCUT2D eigenvalue weighted by molar-refractivity contribution is 7.84. The van der Waals surface area contributed by atoms with Gasteiger partial charge in [0.15, 0.2) is 0 Å². The number of hydrogen-bond acceptors (Lipinski definition) is 7. The van der Waals surface area contributed by atoms with Crippen molar-refractivity contribution in [2.24, 2.45) is 11.8 Å². The zero-order chi connectivity index (χ0) is 35.5. The molecule has 4 aromatic rings. The minimum absolute atomic E-state index is 0.206. The van der Waals surface area contributed by atoms with E-state index in [1.165, 1.54) is 0 Å². The molecule has 0 radical (unpaired) electrons. The van der Waals surface area contributed by atoms with E-state index >= 15 is 0 Å². The number of carbonyl (C=O) groups is 1. The number of rotatable bonds is 17. The van der Waals surface area contributed by atoms with E-state index in [0.717, 1.165) is 79.5 Å².